The Hall–Kier alpha value is -3.17. The molecule has 0 spiro atoms. The second kappa shape index (κ2) is 7.69. The fourth-order valence-electron chi connectivity index (χ4n) is 3.43. The highest BCUT2D eigenvalue weighted by atomic mass is 19.4. The van der Waals surface area contributed by atoms with Gasteiger partial charge in [0.1, 0.15) is 12.1 Å². The number of amides is 1. The molecule has 3 aromatic rings. The van der Waals surface area contributed by atoms with Gasteiger partial charge < -0.3 is 9.80 Å². The third kappa shape index (κ3) is 4.30. The summed E-state index contributed by atoms with van der Waals surface area (Å²) in [6, 6.07) is 8.64. The molecule has 0 N–H and O–H groups in total. The van der Waals surface area contributed by atoms with E-state index < -0.39 is 11.7 Å². The fourth-order valence-corrected chi connectivity index (χ4v) is 3.43. The average Bonchev–Trinajstić information content (AvgIpc) is 3.02. The van der Waals surface area contributed by atoms with Crippen LogP contribution >= 0.6 is 0 Å². The Morgan fingerprint density at radius 1 is 1.07 bits per heavy atom. The largest absolute Gasteiger partial charge is 0.416 e. The van der Waals surface area contributed by atoms with Crippen LogP contribution in [0.25, 0.3) is 5.65 Å². The van der Waals surface area contributed by atoms with Crippen molar-refractivity contribution in [1.29, 1.82) is 0 Å². The van der Waals surface area contributed by atoms with E-state index in [4.69, 9.17) is 0 Å². The summed E-state index contributed by atoms with van der Waals surface area (Å²) in [5.74, 6) is 0.595. The molecular formula is C19H19F3N6O. The van der Waals surface area contributed by atoms with Crippen molar-refractivity contribution in [3.05, 3.63) is 53.9 Å². The summed E-state index contributed by atoms with van der Waals surface area (Å²) in [4.78, 5) is 16.4. The molecule has 152 valence electrons. The van der Waals surface area contributed by atoms with Crippen molar-refractivity contribution in [3.63, 3.8) is 0 Å². The summed E-state index contributed by atoms with van der Waals surface area (Å²) in [5.41, 5.74) is 0.285. The van der Waals surface area contributed by atoms with Gasteiger partial charge in [-0.25, -0.2) is 0 Å². The quantitative estimate of drug-likeness (QED) is 0.671. The molecule has 1 aromatic carbocycles. The molecule has 0 unspecified atom stereocenters. The van der Waals surface area contributed by atoms with E-state index in [2.05, 4.69) is 20.2 Å². The first-order valence-electron chi connectivity index (χ1n) is 9.26. The maximum Gasteiger partial charge on any atom is 0.416 e. The molecule has 0 atom stereocenters. The van der Waals surface area contributed by atoms with Crippen molar-refractivity contribution in [1.82, 2.24) is 24.7 Å². The van der Waals surface area contributed by atoms with Crippen LogP contribution in [-0.2, 0) is 17.4 Å². The lowest BCUT2D eigenvalue weighted by Gasteiger charge is -2.23. The highest BCUT2D eigenvalue weighted by Gasteiger charge is 2.30. The van der Waals surface area contributed by atoms with Gasteiger partial charge in [0.15, 0.2) is 5.65 Å². The average molecular weight is 404 g/mol. The summed E-state index contributed by atoms with van der Waals surface area (Å²) >= 11 is 0. The number of benzene rings is 1. The Labute approximate surface area is 164 Å². The number of carbonyl (C=O) groups is 1. The molecule has 4 rings (SSSR count). The molecule has 1 aliphatic rings. The molecule has 10 heteroatoms. The van der Waals surface area contributed by atoms with Crippen molar-refractivity contribution >= 4 is 17.4 Å². The number of rotatable bonds is 3. The molecule has 29 heavy (non-hydrogen) atoms. The molecule has 0 aliphatic carbocycles. The van der Waals surface area contributed by atoms with E-state index in [1.807, 2.05) is 12.1 Å². The molecule has 0 saturated carbocycles. The summed E-state index contributed by atoms with van der Waals surface area (Å²) in [6.45, 7) is 2.37. The maximum atomic E-state index is 12.9. The monoisotopic (exact) mass is 404 g/mol. The van der Waals surface area contributed by atoms with E-state index in [1.54, 1.807) is 15.5 Å². The van der Waals surface area contributed by atoms with Crippen molar-refractivity contribution in [2.75, 3.05) is 31.1 Å². The van der Waals surface area contributed by atoms with Crippen LogP contribution in [0.3, 0.4) is 0 Å². The first kappa shape index (κ1) is 19.2. The lowest BCUT2D eigenvalue weighted by molar-refractivity contribution is -0.138. The Balaban J connectivity index is 1.41. The molecule has 1 amide bonds. The highest BCUT2D eigenvalue weighted by Crippen LogP contribution is 2.29. The number of hydrogen-bond donors (Lipinski definition) is 0. The van der Waals surface area contributed by atoms with Gasteiger partial charge >= 0.3 is 6.18 Å². The van der Waals surface area contributed by atoms with Crippen molar-refractivity contribution in [2.24, 2.45) is 0 Å². The standard InChI is InChI=1S/C19H19F3N6O/c20-19(21,22)15-4-1-3-14(11-15)12-18(29)27-8-2-7-26(9-10-27)17-6-5-16-24-23-13-28(16)25-17/h1,3-6,11,13H,2,7-10,12H2. The Morgan fingerprint density at radius 3 is 2.76 bits per heavy atom. The molecule has 3 heterocycles. The number of hydrogen-bond acceptors (Lipinski definition) is 5. The number of halogens is 3. The van der Waals surface area contributed by atoms with E-state index in [1.165, 1.54) is 12.4 Å². The lowest BCUT2D eigenvalue weighted by atomic mass is 10.1. The van der Waals surface area contributed by atoms with Gasteiger partial charge in [-0.3, -0.25) is 4.79 Å². The number of fused-ring (bicyclic) bond motifs is 1. The molecule has 0 bridgehead atoms. The van der Waals surface area contributed by atoms with Crippen LogP contribution in [-0.4, -0.2) is 56.8 Å². The number of aromatic nitrogens is 4. The van der Waals surface area contributed by atoms with Gasteiger partial charge in [0, 0.05) is 26.2 Å². The van der Waals surface area contributed by atoms with Gasteiger partial charge in [-0.2, -0.15) is 17.7 Å². The topological polar surface area (TPSA) is 66.6 Å². The van der Waals surface area contributed by atoms with Crippen LogP contribution in [0.15, 0.2) is 42.7 Å². The third-order valence-corrected chi connectivity index (χ3v) is 4.93. The van der Waals surface area contributed by atoms with E-state index in [-0.39, 0.29) is 12.3 Å². The predicted octanol–water partition coefficient (Wildman–Crippen LogP) is 2.42. The molecule has 0 radical (unpaired) electrons. The van der Waals surface area contributed by atoms with Gasteiger partial charge in [0.25, 0.3) is 0 Å². The summed E-state index contributed by atoms with van der Waals surface area (Å²) in [6.07, 6.45) is -2.19. The van der Waals surface area contributed by atoms with E-state index in [0.717, 1.165) is 30.9 Å². The number of carbonyl (C=O) groups excluding carboxylic acids is 1. The lowest BCUT2D eigenvalue weighted by Crippen LogP contribution is -2.36. The minimum absolute atomic E-state index is 0.0468. The van der Waals surface area contributed by atoms with Gasteiger partial charge in [0.2, 0.25) is 5.91 Å². The van der Waals surface area contributed by atoms with Crippen molar-refractivity contribution < 1.29 is 18.0 Å². The summed E-state index contributed by atoms with van der Waals surface area (Å²) in [5, 5.41) is 12.2. The molecular weight excluding hydrogens is 385 g/mol. The van der Waals surface area contributed by atoms with Crippen LogP contribution in [0.1, 0.15) is 17.5 Å². The van der Waals surface area contributed by atoms with Gasteiger partial charge in [-0.1, -0.05) is 18.2 Å². The molecule has 1 saturated heterocycles. The zero-order valence-corrected chi connectivity index (χ0v) is 15.5. The molecule has 1 aliphatic heterocycles. The maximum absolute atomic E-state index is 12.9. The van der Waals surface area contributed by atoms with Crippen LogP contribution in [0.4, 0.5) is 19.0 Å². The van der Waals surface area contributed by atoms with Crippen LogP contribution in [0.2, 0.25) is 0 Å². The summed E-state index contributed by atoms with van der Waals surface area (Å²) < 4.78 is 40.2. The van der Waals surface area contributed by atoms with Gasteiger partial charge in [-0.05, 0) is 30.2 Å². The molecule has 7 nitrogen and oxygen atoms in total. The first-order valence-corrected chi connectivity index (χ1v) is 9.26. The Morgan fingerprint density at radius 2 is 1.93 bits per heavy atom. The first-order chi connectivity index (χ1) is 13.9. The molecule has 1 fully saturated rings. The zero-order chi connectivity index (χ0) is 20.4. The normalized spacial score (nSPS) is 15.6. The third-order valence-electron chi connectivity index (χ3n) is 4.93. The van der Waals surface area contributed by atoms with Gasteiger partial charge in [0.05, 0.1) is 12.0 Å². The zero-order valence-electron chi connectivity index (χ0n) is 15.5. The highest BCUT2D eigenvalue weighted by molar-refractivity contribution is 5.79. The fraction of sp³-hybridized carbons (Fsp3) is 0.368. The van der Waals surface area contributed by atoms with Crippen LogP contribution < -0.4 is 4.90 Å². The number of alkyl halides is 3. The Bertz CT molecular complexity index is 1020. The second-order valence-corrected chi connectivity index (χ2v) is 6.92. The number of nitrogens with zero attached hydrogens (tertiary/aromatic N) is 6. The minimum Gasteiger partial charge on any atom is -0.353 e. The van der Waals surface area contributed by atoms with Crippen LogP contribution in [0, 0.1) is 0 Å². The Kier molecular flexibility index (Phi) is 5.08. The van der Waals surface area contributed by atoms with Crippen molar-refractivity contribution in [3.8, 4) is 0 Å². The smallest absolute Gasteiger partial charge is 0.353 e. The SMILES string of the molecule is O=C(Cc1cccc(C(F)(F)F)c1)N1CCCN(c2ccc3nncn3n2)CC1. The minimum atomic E-state index is -4.42. The summed E-state index contributed by atoms with van der Waals surface area (Å²) in [7, 11) is 0. The van der Waals surface area contributed by atoms with Crippen molar-refractivity contribution in [2.45, 2.75) is 19.0 Å². The number of anilines is 1. The van der Waals surface area contributed by atoms with Crippen LogP contribution in [0.5, 0.6) is 0 Å². The molecule has 2 aromatic heterocycles. The predicted molar refractivity (Wildman–Crippen MR) is 99.3 cm³/mol. The van der Waals surface area contributed by atoms with Gasteiger partial charge in [-0.15, -0.1) is 15.3 Å². The van der Waals surface area contributed by atoms with E-state index in [9.17, 15) is 18.0 Å². The van der Waals surface area contributed by atoms with E-state index in [0.29, 0.717) is 30.8 Å². The second-order valence-electron chi connectivity index (χ2n) is 6.92. The van der Waals surface area contributed by atoms with E-state index >= 15 is 0 Å².